The van der Waals surface area contributed by atoms with Gasteiger partial charge in [-0.3, -0.25) is 9.59 Å². The molecule has 1 aliphatic rings. The zero-order valence-corrected chi connectivity index (χ0v) is 19.4. The molecule has 0 saturated heterocycles. The van der Waals surface area contributed by atoms with Crippen LogP contribution in [0.3, 0.4) is 0 Å². The smallest absolute Gasteiger partial charge is 0.408 e. The van der Waals surface area contributed by atoms with Gasteiger partial charge in [0.2, 0.25) is 5.91 Å². The van der Waals surface area contributed by atoms with Crippen LogP contribution in [0.15, 0.2) is 48.5 Å². The Balaban J connectivity index is 1.57. The third-order valence-electron chi connectivity index (χ3n) is 6.38. The summed E-state index contributed by atoms with van der Waals surface area (Å²) in [7, 11) is 0. The van der Waals surface area contributed by atoms with Gasteiger partial charge in [0.1, 0.15) is 12.1 Å². The molecule has 33 heavy (non-hydrogen) atoms. The molecule has 176 valence electrons. The molecule has 1 aliphatic carbocycles. The first-order chi connectivity index (χ1) is 15.7. The molecule has 0 fully saturated rings. The molecule has 0 aromatic heterocycles. The number of nitrogens with one attached hydrogen (secondary N) is 2. The van der Waals surface area contributed by atoms with Gasteiger partial charge in [-0.05, 0) is 47.9 Å². The van der Waals surface area contributed by atoms with Crippen LogP contribution >= 0.6 is 0 Å². The third-order valence-corrected chi connectivity index (χ3v) is 6.38. The highest BCUT2D eigenvalue weighted by Crippen LogP contribution is 2.44. The van der Waals surface area contributed by atoms with Crippen LogP contribution in [0.5, 0.6) is 0 Å². The number of ether oxygens (including phenoxy) is 1. The van der Waals surface area contributed by atoms with Crippen molar-refractivity contribution in [1.82, 2.24) is 10.6 Å². The van der Waals surface area contributed by atoms with E-state index in [4.69, 9.17) is 9.84 Å². The number of rotatable bonds is 10. The van der Waals surface area contributed by atoms with Crippen LogP contribution < -0.4 is 10.6 Å². The van der Waals surface area contributed by atoms with Crippen molar-refractivity contribution in [2.45, 2.75) is 51.5 Å². The van der Waals surface area contributed by atoms with Gasteiger partial charge in [0.15, 0.2) is 0 Å². The largest absolute Gasteiger partial charge is 0.481 e. The van der Waals surface area contributed by atoms with Crippen molar-refractivity contribution in [3.63, 3.8) is 0 Å². The van der Waals surface area contributed by atoms with Crippen LogP contribution in [0, 0.1) is 5.92 Å². The van der Waals surface area contributed by atoms with Crippen LogP contribution in [0.1, 0.15) is 57.1 Å². The van der Waals surface area contributed by atoms with Crippen LogP contribution in [0.2, 0.25) is 0 Å². The predicted molar refractivity (Wildman–Crippen MR) is 126 cm³/mol. The summed E-state index contributed by atoms with van der Waals surface area (Å²) in [5.41, 5.74) is 3.42. The number of hydrogen-bond donors (Lipinski definition) is 3. The molecule has 2 amide bonds. The van der Waals surface area contributed by atoms with Gasteiger partial charge in [-0.2, -0.15) is 0 Å². The van der Waals surface area contributed by atoms with Gasteiger partial charge in [-0.1, -0.05) is 62.4 Å². The molecule has 0 bridgehead atoms. The molecule has 0 aliphatic heterocycles. The lowest BCUT2D eigenvalue weighted by molar-refractivity contribution is -0.138. The van der Waals surface area contributed by atoms with E-state index in [2.05, 4.69) is 34.9 Å². The Bertz CT molecular complexity index is 976. The molecule has 7 nitrogen and oxygen atoms in total. The van der Waals surface area contributed by atoms with Crippen LogP contribution in [-0.2, 0) is 14.3 Å². The Hall–Kier alpha value is -3.35. The van der Waals surface area contributed by atoms with Gasteiger partial charge in [0.25, 0.3) is 0 Å². The van der Waals surface area contributed by atoms with Crippen molar-refractivity contribution in [2.24, 2.45) is 5.92 Å². The topological polar surface area (TPSA) is 105 Å². The average molecular weight is 453 g/mol. The molecule has 0 radical (unpaired) electrons. The number of alkyl carbamates (subject to hydrolysis) is 1. The molecule has 7 heteroatoms. The summed E-state index contributed by atoms with van der Waals surface area (Å²) in [4.78, 5) is 36.1. The quantitative estimate of drug-likeness (QED) is 0.498. The second-order valence-corrected chi connectivity index (χ2v) is 8.88. The van der Waals surface area contributed by atoms with E-state index in [9.17, 15) is 14.4 Å². The van der Waals surface area contributed by atoms with Crippen molar-refractivity contribution in [3.05, 3.63) is 59.7 Å². The van der Waals surface area contributed by atoms with E-state index in [1.807, 2.05) is 38.1 Å². The summed E-state index contributed by atoms with van der Waals surface area (Å²) >= 11 is 0. The highest BCUT2D eigenvalue weighted by molar-refractivity contribution is 5.89. The minimum absolute atomic E-state index is 0.0502. The number of carboxylic acid groups (broad SMARTS) is 1. The Morgan fingerprint density at radius 2 is 1.64 bits per heavy atom. The molecule has 3 rings (SSSR count). The monoisotopic (exact) mass is 452 g/mol. The van der Waals surface area contributed by atoms with E-state index in [0.29, 0.717) is 19.4 Å². The predicted octanol–water partition coefficient (Wildman–Crippen LogP) is 4.31. The maximum atomic E-state index is 12.7. The normalized spacial score (nSPS) is 15.0. The van der Waals surface area contributed by atoms with E-state index in [1.54, 1.807) is 6.92 Å². The Morgan fingerprint density at radius 1 is 1.06 bits per heavy atom. The number of carbonyl (C=O) groups excluding carboxylic acids is 2. The number of hydrogen-bond acceptors (Lipinski definition) is 4. The molecule has 0 heterocycles. The summed E-state index contributed by atoms with van der Waals surface area (Å²) in [6.07, 6.45) is 0.339. The van der Waals surface area contributed by atoms with Crippen LogP contribution in [0.25, 0.3) is 11.1 Å². The fraction of sp³-hybridized carbons (Fsp3) is 0.423. The second kappa shape index (κ2) is 10.5. The number of fused-ring (bicyclic) bond motifs is 3. The Labute approximate surface area is 194 Å². The van der Waals surface area contributed by atoms with Crippen molar-refractivity contribution in [3.8, 4) is 11.1 Å². The summed E-state index contributed by atoms with van der Waals surface area (Å²) in [5.74, 6) is -1.28. The van der Waals surface area contributed by atoms with Gasteiger partial charge >= 0.3 is 12.1 Å². The number of carboxylic acids is 1. The van der Waals surface area contributed by atoms with Gasteiger partial charge in [0, 0.05) is 18.9 Å². The minimum Gasteiger partial charge on any atom is -0.481 e. The van der Waals surface area contributed by atoms with E-state index >= 15 is 0 Å². The first kappa shape index (κ1) is 24.3. The third kappa shape index (κ3) is 5.72. The van der Waals surface area contributed by atoms with Crippen molar-refractivity contribution in [2.75, 3.05) is 13.2 Å². The van der Waals surface area contributed by atoms with Crippen LogP contribution in [0.4, 0.5) is 4.79 Å². The SMILES string of the molecule is CCC(C)(NC(=O)OCC1c2ccccc2-c2ccccc21)C(=O)NCCC(C)CC(=O)O. The molecule has 2 aromatic carbocycles. The first-order valence-corrected chi connectivity index (χ1v) is 11.4. The fourth-order valence-electron chi connectivity index (χ4n) is 4.19. The summed E-state index contributed by atoms with van der Waals surface area (Å²) < 4.78 is 5.58. The standard InChI is InChI=1S/C26H32N2O5/c1-4-26(3,24(31)27-14-13-17(2)15-23(29)30)28-25(32)33-16-22-20-11-7-5-9-18(20)19-10-6-8-12-21(19)22/h5-12,17,22H,4,13-16H2,1-3H3,(H,27,31)(H,28,32)(H,29,30). The van der Waals surface area contributed by atoms with Gasteiger partial charge in [0.05, 0.1) is 0 Å². The lowest BCUT2D eigenvalue weighted by atomic mass is 9.97. The van der Waals surface area contributed by atoms with E-state index in [0.717, 1.165) is 22.3 Å². The number of aliphatic carboxylic acids is 1. The summed E-state index contributed by atoms with van der Waals surface area (Å²) in [5, 5.41) is 14.4. The van der Waals surface area contributed by atoms with Gasteiger partial charge < -0.3 is 20.5 Å². The molecule has 2 aromatic rings. The molecule has 3 N–H and O–H groups in total. The fourth-order valence-corrected chi connectivity index (χ4v) is 4.19. The van der Waals surface area contributed by atoms with E-state index in [1.165, 1.54) is 0 Å². The zero-order valence-electron chi connectivity index (χ0n) is 19.4. The van der Waals surface area contributed by atoms with Gasteiger partial charge in [-0.25, -0.2) is 4.79 Å². The Morgan fingerprint density at radius 3 is 2.18 bits per heavy atom. The Kier molecular flexibility index (Phi) is 7.74. The molecular formula is C26H32N2O5. The van der Waals surface area contributed by atoms with E-state index in [-0.39, 0.29) is 30.8 Å². The highest BCUT2D eigenvalue weighted by atomic mass is 16.5. The molecule has 2 unspecified atom stereocenters. The number of carbonyl (C=O) groups is 3. The maximum Gasteiger partial charge on any atom is 0.408 e. The lowest BCUT2D eigenvalue weighted by Gasteiger charge is -2.28. The van der Waals surface area contributed by atoms with Gasteiger partial charge in [-0.15, -0.1) is 0 Å². The molecule has 2 atom stereocenters. The van der Waals surface area contributed by atoms with E-state index < -0.39 is 17.6 Å². The molecule has 0 saturated carbocycles. The average Bonchev–Trinajstić information content (AvgIpc) is 3.10. The maximum absolute atomic E-state index is 12.7. The van der Waals surface area contributed by atoms with Crippen molar-refractivity contribution in [1.29, 1.82) is 0 Å². The summed E-state index contributed by atoms with van der Waals surface area (Å²) in [6.45, 7) is 5.82. The van der Waals surface area contributed by atoms with Crippen molar-refractivity contribution >= 4 is 18.0 Å². The van der Waals surface area contributed by atoms with Crippen molar-refractivity contribution < 1.29 is 24.2 Å². The summed E-state index contributed by atoms with van der Waals surface area (Å²) in [6, 6.07) is 16.2. The minimum atomic E-state index is -1.13. The molecule has 0 spiro atoms. The second-order valence-electron chi connectivity index (χ2n) is 8.88. The van der Waals surface area contributed by atoms with Crippen LogP contribution in [-0.4, -0.2) is 41.8 Å². The highest BCUT2D eigenvalue weighted by Gasteiger charge is 2.34. The number of amides is 2. The lowest BCUT2D eigenvalue weighted by Crippen LogP contribution is -2.56. The zero-order chi connectivity index (χ0) is 24.0. The number of benzene rings is 2. The molecular weight excluding hydrogens is 420 g/mol. The first-order valence-electron chi connectivity index (χ1n) is 11.4.